The monoisotopic (exact) mass is 241 g/mol. The van der Waals surface area contributed by atoms with Crippen molar-refractivity contribution in [1.29, 1.82) is 0 Å². The van der Waals surface area contributed by atoms with E-state index < -0.39 is 24.8 Å². The normalized spacial score (nSPS) is 19.6. The van der Waals surface area contributed by atoms with E-state index in [0.29, 0.717) is 26.3 Å². The van der Waals surface area contributed by atoms with E-state index in [1.165, 1.54) is 11.8 Å². The van der Waals surface area contributed by atoms with Crippen LogP contribution < -0.4 is 0 Å². The maximum Gasteiger partial charge on any atom is 0.411 e. The van der Waals surface area contributed by atoms with Crippen molar-refractivity contribution >= 4 is 5.91 Å². The molecule has 0 N–H and O–H groups in total. The first kappa shape index (κ1) is 13.2. The molecule has 1 aliphatic rings. The number of carbonyl (C=O) groups excluding carboxylic acids is 1. The lowest BCUT2D eigenvalue weighted by atomic mass is 10.3. The fraction of sp³-hybridized carbons (Fsp3) is 0.889. The SMILES string of the molecule is C[C@H](OCC(F)(F)F)C(=O)N1CCOCC1. The number of nitrogens with zero attached hydrogens (tertiary/aromatic N) is 1. The van der Waals surface area contributed by atoms with Crippen LogP contribution in [0.1, 0.15) is 6.92 Å². The Morgan fingerprint density at radius 3 is 2.50 bits per heavy atom. The van der Waals surface area contributed by atoms with Gasteiger partial charge in [0.05, 0.1) is 13.2 Å². The lowest BCUT2D eigenvalue weighted by molar-refractivity contribution is -0.189. The summed E-state index contributed by atoms with van der Waals surface area (Å²) in [4.78, 5) is 13.0. The van der Waals surface area contributed by atoms with Crippen molar-refractivity contribution in [2.45, 2.75) is 19.2 Å². The van der Waals surface area contributed by atoms with Crippen molar-refractivity contribution in [2.75, 3.05) is 32.9 Å². The lowest BCUT2D eigenvalue weighted by Gasteiger charge is -2.29. The van der Waals surface area contributed by atoms with Gasteiger partial charge in [0.25, 0.3) is 5.91 Å². The molecule has 1 aliphatic heterocycles. The van der Waals surface area contributed by atoms with Crippen LogP contribution in [-0.4, -0.2) is 56.0 Å². The molecular weight excluding hydrogens is 227 g/mol. The molecule has 1 atom stereocenters. The zero-order chi connectivity index (χ0) is 12.2. The Hall–Kier alpha value is -0.820. The second-order valence-electron chi connectivity index (χ2n) is 3.51. The van der Waals surface area contributed by atoms with Gasteiger partial charge < -0.3 is 14.4 Å². The molecular formula is C9H14F3NO3. The van der Waals surface area contributed by atoms with Crippen LogP contribution in [0.5, 0.6) is 0 Å². The summed E-state index contributed by atoms with van der Waals surface area (Å²) in [6.07, 6.45) is -5.47. The molecule has 0 radical (unpaired) electrons. The van der Waals surface area contributed by atoms with Gasteiger partial charge in [0, 0.05) is 13.1 Å². The summed E-state index contributed by atoms with van der Waals surface area (Å²) in [5.74, 6) is -0.424. The molecule has 7 heteroatoms. The zero-order valence-corrected chi connectivity index (χ0v) is 8.92. The first-order chi connectivity index (χ1) is 7.40. The number of carbonyl (C=O) groups is 1. The molecule has 0 aromatic heterocycles. The molecule has 94 valence electrons. The summed E-state index contributed by atoms with van der Waals surface area (Å²) >= 11 is 0. The van der Waals surface area contributed by atoms with Gasteiger partial charge >= 0.3 is 6.18 Å². The Bertz CT molecular complexity index is 239. The van der Waals surface area contributed by atoms with Gasteiger partial charge in [-0.25, -0.2) is 0 Å². The number of rotatable bonds is 3. The molecule has 4 nitrogen and oxygen atoms in total. The minimum Gasteiger partial charge on any atom is -0.378 e. The third-order valence-corrected chi connectivity index (χ3v) is 2.17. The summed E-state index contributed by atoms with van der Waals surface area (Å²) < 4.78 is 45.0. The Balaban J connectivity index is 2.34. The molecule has 1 saturated heterocycles. The number of morpholine rings is 1. The highest BCUT2D eigenvalue weighted by Crippen LogP contribution is 2.16. The van der Waals surface area contributed by atoms with E-state index >= 15 is 0 Å². The van der Waals surface area contributed by atoms with Gasteiger partial charge in [0.1, 0.15) is 12.7 Å². The van der Waals surface area contributed by atoms with E-state index in [2.05, 4.69) is 4.74 Å². The van der Waals surface area contributed by atoms with Gasteiger partial charge in [0.2, 0.25) is 0 Å². The third-order valence-electron chi connectivity index (χ3n) is 2.17. The van der Waals surface area contributed by atoms with Gasteiger partial charge in [-0.05, 0) is 6.92 Å². The van der Waals surface area contributed by atoms with E-state index in [0.717, 1.165) is 0 Å². The van der Waals surface area contributed by atoms with Crippen molar-refractivity contribution in [2.24, 2.45) is 0 Å². The maximum atomic E-state index is 11.9. The highest BCUT2D eigenvalue weighted by molar-refractivity contribution is 5.80. The first-order valence-electron chi connectivity index (χ1n) is 4.95. The summed E-state index contributed by atoms with van der Waals surface area (Å²) in [6, 6.07) is 0. The van der Waals surface area contributed by atoms with Crippen LogP contribution in [0.15, 0.2) is 0 Å². The summed E-state index contributed by atoms with van der Waals surface area (Å²) in [5, 5.41) is 0. The van der Waals surface area contributed by atoms with Crippen LogP contribution >= 0.6 is 0 Å². The topological polar surface area (TPSA) is 38.8 Å². The van der Waals surface area contributed by atoms with Gasteiger partial charge in [-0.15, -0.1) is 0 Å². The quantitative estimate of drug-likeness (QED) is 0.734. The standard InChI is InChI=1S/C9H14F3NO3/c1-7(16-6-9(10,11)12)8(14)13-2-4-15-5-3-13/h7H,2-6H2,1H3/t7-/m0/s1. The van der Waals surface area contributed by atoms with E-state index in [9.17, 15) is 18.0 Å². The van der Waals surface area contributed by atoms with Gasteiger partial charge in [0.15, 0.2) is 0 Å². The Morgan fingerprint density at radius 1 is 1.44 bits per heavy atom. The Labute approximate surface area is 91.3 Å². The molecule has 0 aromatic rings. The predicted molar refractivity (Wildman–Crippen MR) is 48.9 cm³/mol. The van der Waals surface area contributed by atoms with Crippen molar-refractivity contribution in [1.82, 2.24) is 4.90 Å². The molecule has 0 aliphatic carbocycles. The molecule has 1 rings (SSSR count). The smallest absolute Gasteiger partial charge is 0.378 e. The number of alkyl halides is 3. The van der Waals surface area contributed by atoms with Gasteiger partial charge in [-0.1, -0.05) is 0 Å². The molecule has 1 fully saturated rings. The first-order valence-corrected chi connectivity index (χ1v) is 4.95. The predicted octanol–water partition coefficient (Wildman–Crippen LogP) is 0.813. The summed E-state index contributed by atoms with van der Waals surface area (Å²) in [6.45, 7) is 1.56. The van der Waals surface area contributed by atoms with Crippen LogP contribution in [0.2, 0.25) is 0 Å². The largest absolute Gasteiger partial charge is 0.411 e. The van der Waals surface area contributed by atoms with Crippen LogP contribution in [0.3, 0.4) is 0 Å². The van der Waals surface area contributed by atoms with Gasteiger partial charge in [-0.2, -0.15) is 13.2 Å². The average Bonchev–Trinajstić information content (AvgIpc) is 2.25. The Morgan fingerprint density at radius 2 is 2.00 bits per heavy atom. The second kappa shape index (κ2) is 5.49. The molecule has 16 heavy (non-hydrogen) atoms. The molecule has 0 saturated carbocycles. The van der Waals surface area contributed by atoms with Crippen LogP contribution in [0.4, 0.5) is 13.2 Å². The Kier molecular flexibility index (Phi) is 4.55. The number of hydrogen-bond acceptors (Lipinski definition) is 3. The van der Waals surface area contributed by atoms with E-state index in [1.54, 1.807) is 0 Å². The highest BCUT2D eigenvalue weighted by Gasteiger charge is 2.31. The summed E-state index contributed by atoms with van der Waals surface area (Å²) in [7, 11) is 0. The minimum absolute atomic E-state index is 0.401. The average molecular weight is 241 g/mol. The molecule has 1 amide bonds. The van der Waals surface area contributed by atoms with Crippen LogP contribution in [0, 0.1) is 0 Å². The number of amides is 1. The van der Waals surface area contributed by atoms with Crippen LogP contribution in [-0.2, 0) is 14.3 Å². The third kappa shape index (κ3) is 4.36. The van der Waals surface area contributed by atoms with Crippen molar-refractivity contribution in [3.63, 3.8) is 0 Å². The van der Waals surface area contributed by atoms with Crippen LogP contribution in [0.25, 0.3) is 0 Å². The number of halogens is 3. The van der Waals surface area contributed by atoms with E-state index in [4.69, 9.17) is 4.74 Å². The molecule has 0 aromatic carbocycles. The minimum atomic E-state index is -4.40. The van der Waals surface area contributed by atoms with E-state index in [-0.39, 0.29) is 0 Å². The fourth-order valence-electron chi connectivity index (χ4n) is 1.33. The number of ether oxygens (including phenoxy) is 2. The molecule has 0 unspecified atom stereocenters. The van der Waals surface area contributed by atoms with Gasteiger partial charge in [-0.3, -0.25) is 4.79 Å². The van der Waals surface area contributed by atoms with E-state index in [1.807, 2.05) is 0 Å². The maximum absolute atomic E-state index is 11.9. The molecule has 0 spiro atoms. The molecule has 0 bridgehead atoms. The van der Waals surface area contributed by atoms with Crippen molar-refractivity contribution in [3.8, 4) is 0 Å². The fourth-order valence-corrected chi connectivity index (χ4v) is 1.33. The van der Waals surface area contributed by atoms with Crippen molar-refractivity contribution < 1.29 is 27.4 Å². The number of hydrogen-bond donors (Lipinski definition) is 0. The lowest BCUT2D eigenvalue weighted by Crippen LogP contribution is -2.46. The second-order valence-corrected chi connectivity index (χ2v) is 3.51. The zero-order valence-electron chi connectivity index (χ0n) is 8.92. The van der Waals surface area contributed by atoms with Crippen molar-refractivity contribution in [3.05, 3.63) is 0 Å². The summed E-state index contributed by atoms with van der Waals surface area (Å²) in [5.41, 5.74) is 0. The molecule has 1 heterocycles. The highest BCUT2D eigenvalue weighted by atomic mass is 19.4.